The number of benzene rings is 1. The van der Waals surface area contributed by atoms with Crippen LogP contribution in [0.4, 0.5) is 5.82 Å². The number of nitrogens with one attached hydrogen (secondary N) is 1. The van der Waals surface area contributed by atoms with Crippen LogP contribution in [0.15, 0.2) is 36.5 Å². The zero-order chi connectivity index (χ0) is 29.0. The minimum atomic E-state index is -1.30. The number of β-amino-alcohol motifs (C(OH)–C–C–N with tert-alkyl or cyclic N) is 1. The predicted molar refractivity (Wildman–Crippen MR) is 150 cm³/mol. The van der Waals surface area contributed by atoms with Crippen LogP contribution in [0, 0.1) is 0 Å². The minimum absolute atomic E-state index is 0.255. The highest BCUT2D eigenvalue weighted by Gasteiger charge is 2.30. The summed E-state index contributed by atoms with van der Waals surface area (Å²) in [6, 6.07) is 8.82. The smallest absolute Gasteiger partial charge is 0.372 e. The van der Waals surface area contributed by atoms with Crippen molar-refractivity contribution in [2.75, 3.05) is 31.5 Å². The number of amides is 2. The maximum Gasteiger partial charge on any atom is 0.372 e. The van der Waals surface area contributed by atoms with E-state index < -0.39 is 18.0 Å². The molecule has 0 bridgehead atoms. The summed E-state index contributed by atoms with van der Waals surface area (Å²) >= 11 is 5.77. The van der Waals surface area contributed by atoms with Crippen LogP contribution in [0.3, 0.4) is 0 Å². The summed E-state index contributed by atoms with van der Waals surface area (Å²) < 4.78 is 1.25. The van der Waals surface area contributed by atoms with Gasteiger partial charge in [-0.1, -0.05) is 11.6 Å². The Hall–Kier alpha value is -3.58. The van der Waals surface area contributed by atoms with E-state index in [2.05, 4.69) is 34.0 Å². The molecular formula is C27H34ClN7O5. The van der Waals surface area contributed by atoms with Crippen molar-refractivity contribution >= 4 is 46.2 Å². The summed E-state index contributed by atoms with van der Waals surface area (Å²) in [4.78, 5) is 48.5. The number of anilines is 1. The third kappa shape index (κ3) is 7.13. The lowest BCUT2D eigenvalue weighted by Gasteiger charge is -2.35. The second kappa shape index (κ2) is 12.7. The largest absolute Gasteiger partial charge is 0.475 e. The number of carbonyl (C=O) groups is 3. The molecule has 2 saturated heterocycles. The van der Waals surface area contributed by atoms with Crippen LogP contribution >= 0.6 is 11.6 Å². The molecule has 0 radical (unpaired) electrons. The van der Waals surface area contributed by atoms with Gasteiger partial charge in [-0.15, -0.1) is 0 Å². The van der Waals surface area contributed by atoms with E-state index in [-0.39, 0.29) is 42.7 Å². The van der Waals surface area contributed by atoms with Crippen molar-refractivity contribution in [3.8, 4) is 0 Å². The molecule has 0 unspecified atom stereocenters. The van der Waals surface area contributed by atoms with Crippen molar-refractivity contribution in [1.82, 2.24) is 24.3 Å². The van der Waals surface area contributed by atoms with Crippen molar-refractivity contribution in [2.45, 2.75) is 51.4 Å². The van der Waals surface area contributed by atoms with Crippen LogP contribution < -0.4 is 11.1 Å². The number of carboxylic acid groups (broad SMARTS) is 1. The zero-order valence-electron chi connectivity index (χ0n) is 22.5. The molecule has 4 heterocycles. The van der Waals surface area contributed by atoms with Gasteiger partial charge in [0.1, 0.15) is 12.4 Å². The van der Waals surface area contributed by atoms with Crippen molar-refractivity contribution < 1.29 is 24.6 Å². The molecule has 0 saturated carbocycles. The molecule has 2 aliphatic heterocycles. The van der Waals surface area contributed by atoms with E-state index in [1.54, 1.807) is 12.1 Å². The fraction of sp³-hybridized carbons (Fsp3) is 0.444. The van der Waals surface area contributed by atoms with Crippen LogP contribution in [-0.4, -0.2) is 96.7 Å². The standard InChI is InChI=1S/C19H16ClN5O5.C8H18N2/c20-11-2-4-15(21-6-11)23-16(27)9-25-14-3-1-10(18(28)24-7-12(26)8-24)5-13(14)22-17(25)19(29)30;1-7(2)10-5-3-8(9)4-6-10/h1-6,12,26H,7-9H2,(H,29,30)(H,21,23,27);7-8H,3-6,9H2,1-2H3. The number of likely N-dealkylation sites (tertiary alicyclic amines) is 2. The number of halogens is 1. The lowest BCUT2D eigenvalue weighted by molar-refractivity contribution is -0.116. The first-order valence-corrected chi connectivity index (χ1v) is 13.5. The Labute approximate surface area is 236 Å². The quantitative estimate of drug-likeness (QED) is 0.346. The average molecular weight is 572 g/mol. The molecule has 2 aliphatic rings. The maximum absolute atomic E-state index is 12.4. The van der Waals surface area contributed by atoms with E-state index in [4.69, 9.17) is 17.3 Å². The molecule has 5 N–H and O–H groups in total. The van der Waals surface area contributed by atoms with Crippen LogP contribution in [0.1, 0.15) is 47.7 Å². The molecular weight excluding hydrogens is 538 g/mol. The molecule has 214 valence electrons. The normalized spacial score (nSPS) is 16.4. The summed E-state index contributed by atoms with van der Waals surface area (Å²) in [5.41, 5.74) is 6.77. The fourth-order valence-corrected chi connectivity index (χ4v) is 4.71. The van der Waals surface area contributed by atoms with Crippen LogP contribution in [0.25, 0.3) is 11.0 Å². The van der Waals surface area contributed by atoms with Crippen LogP contribution in [0.5, 0.6) is 0 Å². The van der Waals surface area contributed by atoms with E-state index in [9.17, 15) is 24.6 Å². The van der Waals surface area contributed by atoms with Crippen LogP contribution in [0.2, 0.25) is 5.02 Å². The van der Waals surface area contributed by atoms with Crippen molar-refractivity contribution in [3.05, 3.63) is 52.9 Å². The second-order valence-corrected chi connectivity index (χ2v) is 10.7. The molecule has 40 heavy (non-hydrogen) atoms. The van der Waals surface area contributed by atoms with Gasteiger partial charge in [0.25, 0.3) is 5.91 Å². The molecule has 1 aromatic carbocycles. The van der Waals surface area contributed by atoms with Gasteiger partial charge in [0, 0.05) is 36.9 Å². The molecule has 2 amide bonds. The van der Waals surface area contributed by atoms with Gasteiger partial charge in [-0.2, -0.15) is 0 Å². The maximum atomic E-state index is 12.4. The van der Waals surface area contributed by atoms with Gasteiger partial charge in [-0.25, -0.2) is 14.8 Å². The van der Waals surface area contributed by atoms with Gasteiger partial charge in [0.15, 0.2) is 0 Å². The summed E-state index contributed by atoms with van der Waals surface area (Å²) in [6.45, 7) is 7.08. The summed E-state index contributed by atoms with van der Waals surface area (Å²) in [5.74, 6) is -2.13. The molecule has 0 atom stereocenters. The summed E-state index contributed by atoms with van der Waals surface area (Å²) in [7, 11) is 0. The Morgan fingerprint density at radius 3 is 2.42 bits per heavy atom. The zero-order valence-corrected chi connectivity index (χ0v) is 23.2. The molecule has 0 aliphatic carbocycles. The molecule has 2 aromatic heterocycles. The summed E-state index contributed by atoms with van der Waals surface area (Å²) in [6.07, 6.45) is 3.21. The van der Waals surface area contributed by atoms with Crippen molar-refractivity contribution in [3.63, 3.8) is 0 Å². The van der Waals surface area contributed by atoms with Gasteiger partial charge in [0.2, 0.25) is 11.7 Å². The Bertz CT molecular complexity index is 1360. The first kappa shape index (κ1) is 29.4. The number of nitrogens with two attached hydrogens (primary N) is 1. The number of aromatic carboxylic acids is 1. The molecule has 2 fully saturated rings. The number of hydrogen-bond donors (Lipinski definition) is 4. The highest BCUT2D eigenvalue weighted by atomic mass is 35.5. The monoisotopic (exact) mass is 571 g/mol. The van der Waals surface area contributed by atoms with Crippen molar-refractivity contribution in [2.24, 2.45) is 5.73 Å². The lowest BCUT2D eigenvalue weighted by atomic mass is 10.1. The number of rotatable bonds is 6. The first-order valence-electron chi connectivity index (χ1n) is 13.1. The number of aromatic nitrogens is 3. The molecule has 3 aromatic rings. The molecule has 13 heteroatoms. The van der Waals surface area contributed by atoms with Crippen molar-refractivity contribution in [1.29, 1.82) is 0 Å². The van der Waals surface area contributed by atoms with Gasteiger partial charge in [0.05, 0.1) is 22.2 Å². The predicted octanol–water partition coefficient (Wildman–Crippen LogP) is 2.06. The van der Waals surface area contributed by atoms with Crippen LogP contribution in [-0.2, 0) is 11.3 Å². The van der Waals surface area contributed by atoms with Gasteiger partial charge < -0.3 is 35.6 Å². The Balaban J connectivity index is 0.000000312. The number of carboxylic acids is 1. The molecule has 0 spiro atoms. The van der Waals surface area contributed by atoms with E-state index in [1.165, 1.54) is 59.8 Å². The number of pyridine rings is 1. The number of fused-ring (bicyclic) bond motifs is 1. The number of piperidine rings is 1. The number of nitrogens with zero attached hydrogens (tertiary/aromatic N) is 5. The van der Waals surface area contributed by atoms with E-state index in [0.29, 0.717) is 28.2 Å². The number of hydrogen-bond acceptors (Lipinski definition) is 8. The third-order valence-electron chi connectivity index (χ3n) is 6.94. The summed E-state index contributed by atoms with van der Waals surface area (Å²) in [5, 5.41) is 21.8. The first-order chi connectivity index (χ1) is 19.0. The number of imidazole rings is 1. The van der Waals surface area contributed by atoms with E-state index in [1.807, 2.05) is 0 Å². The minimum Gasteiger partial charge on any atom is -0.475 e. The number of carbonyl (C=O) groups excluding carboxylic acids is 2. The Morgan fingerprint density at radius 2 is 1.85 bits per heavy atom. The Morgan fingerprint density at radius 1 is 1.15 bits per heavy atom. The molecule has 12 nitrogen and oxygen atoms in total. The van der Waals surface area contributed by atoms with Gasteiger partial charge in [-0.05, 0) is 70.1 Å². The highest BCUT2D eigenvalue weighted by molar-refractivity contribution is 6.30. The van der Waals surface area contributed by atoms with E-state index in [0.717, 1.165) is 0 Å². The third-order valence-corrected chi connectivity index (χ3v) is 7.16. The average Bonchev–Trinajstić information content (AvgIpc) is 3.26. The molecule has 5 rings (SSSR count). The highest BCUT2D eigenvalue weighted by Crippen LogP contribution is 2.21. The van der Waals surface area contributed by atoms with E-state index >= 15 is 0 Å². The van der Waals surface area contributed by atoms with Gasteiger partial charge in [-0.3, -0.25) is 9.59 Å². The second-order valence-electron chi connectivity index (χ2n) is 10.3. The van der Waals surface area contributed by atoms with Gasteiger partial charge >= 0.3 is 5.97 Å². The SMILES string of the molecule is CC(C)N1CCC(N)CC1.O=C(Cn1c(C(=O)O)nc2cc(C(=O)N3CC(O)C3)ccc21)Nc1ccc(Cl)cn1. The fourth-order valence-electron chi connectivity index (χ4n) is 4.60. The lowest BCUT2D eigenvalue weighted by Crippen LogP contribution is -2.53. The number of aliphatic hydroxyl groups is 1. The topological polar surface area (TPSA) is 167 Å². The Kier molecular flexibility index (Phi) is 9.36. The number of aliphatic hydroxyl groups excluding tert-OH is 1.